The zero-order valence-electron chi connectivity index (χ0n) is 10.4. The van der Waals surface area contributed by atoms with Crippen LogP contribution in [0.1, 0.15) is 18.1 Å². The first-order valence-corrected chi connectivity index (χ1v) is 6.43. The average Bonchev–Trinajstić information content (AvgIpc) is 2.33. The third-order valence-corrected chi connectivity index (χ3v) is 3.15. The topological polar surface area (TPSA) is 54.4 Å². The molecule has 0 aliphatic heterocycles. The molecule has 1 rings (SSSR count). The number of benzene rings is 1. The van der Waals surface area contributed by atoms with Gasteiger partial charge in [-0.2, -0.15) is 13.2 Å². The molecule has 0 amide bonds. The zero-order valence-corrected chi connectivity index (χ0v) is 11.2. The summed E-state index contributed by atoms with van der Waals surface area (Å²) in [6, 6.07) is 4.13. The summed E-state index contributed by atoms with van der Waals surface area (Å²) in [7, 11) is 0. The predicted octanol–water partition coefficient (Wildman–Crippen LogP) is 3.45. The lowest BCUT2D eigenvalue weighted by molar-refractivity contribution is -0.137. The van der Waals surface area contributed by atoms with Crippen LogP contribution >= 0.6 is 11.8 Å². The Labute approximate surface area is 117 Å². The highest BCUT2D eigenvalue weighted by molar-refractivity contribution is 8.13. The van der Waals surface area contributed by atoms with E-state index in [2.05, 4.69) is 0 Å². The third-order valence-electron chi connectivity index (χ3n) is 2.28. The van der Waals surface area contributed by atoms with Crippen LogP contribution in [0.25, 0.3) is 6.08 Å². The molecule has 0 saturated carbocycles. The fourth-order valence-electron chi connectivity index (χ4n) is 1.31. The highest BCUT2D eigenvalue weighted by atomic mass is 32.2. The monoisotopic (exact) mass is 304 g/mol. The molecule has 3 nitrogen and oxygen atoms in total. The van der Waals surface area contributed by atoms with Gasteiger partial charge in [0.05, 0.1) is 5.56 Å². The Bertz CT molecular complexity index is 533. The van der Waals surface area contributed by atoms with Crippen molar-refractivity contribution in [2.75, 3.05) is 5.75 Å². The second kappa shape index (κ2) is 6.60. The lowest BCUT2D eigenvalue weighted by Gasteiger charge is -2.06. The van der Waals surface area contributed by atoms with Gasteiger partial charge in [-0.15, -0.1) is 0 Å². The molecule has 7 heteroatoms. The highest BCUT2D eigenvalue weighted by Crippen LogP contribution is 2.29. The SMILES string of the molecule is CC(=O)SCC(=Cc1ccc(C(F)(F)F)cc1)C(=O)O. The molecule has 108 valence electrons. The molecule has 0 bridgehead atoms. The number of thioether (sulfide) groups is 1. The van der Waals surface area contributed by atoms with Crippen LogP contribution < -0.4 is 0 Å². The van der Waals surface area contributed by atoms with Crippen LogP contribution in [-0.2, 0) is 15.8 Å². The van der Waals surface area contributed by atoms with Gasteiger partial charge in [0.2, 0.25) is 0 Å². The fraction of sp³-hybridized carbons (Fsp3) is 0.231. The summed E-state index contributed by atoms with van der Waals surface area (Å²) in [5.41, 5.74) is -0.519. The molecule has 20 heavy (non-hydrogen) atoms. The van der Waals surface area contributed by atoms with Crippen molar-refractivity contribution in [2.24, 2.45) is 0 Å². The third kappa shape index (κ3) is 5.08. The Balaban J connectivity index is 2.94. The molecule has 0 saturated heterocycles. The van der Waals surface area contributed by atoms with Crippen molar-refractivity contribution in [2.45, 2.75) is 13.1 Å². The van der Waals surface area contributed by atoms with Gasteiger partial charge in [-0.05, 0) is 23.8 Å². The maximum atomic E-state index is 12.4. The molecular weight excluding hydrogens is 293 g/mol. The lowest BCUT2D eigenvalue weighted by Crippen LogP contribution is -2.05. The molecular formula is C13H11F3O3S. The van der Waals surface area contributed by atoms with Gasteiger partial charge in [0.1, 0.15) is 0 Å². The first-order chi connectivity index (χ1) is 9.20. The molecule has 1 aromatic rings. The number of carbonyl (C=O) groups excluding carboxylic acids is 1. The van der Waals surface area contributed by atoms with Crippen molar-refractivity contribution in [3.05, 3.63) is 41.0 Å². The van der Waals surface area contributed by atoms with Crippen molar-refractivity contribution in [1.29, 1.82) is 0 Å². The van der Waals surface area contributed by atoms with Crippen LogP contribution in [-0.4, -0.2) is 21.9 Å². The molecule has 0 atom stereocenters. The van der Waals surface area contributed by atoms with E-state index in [9.17, 15) is 22.8 Å². The molecule has 0 aromatic heterocycles. The standard InChI is InChI=1S/C13H11F3O3S/c1-8(17)20-7-10(12(18)19)6-9-2-4-11(5-3-9)13(14,15)16/h2-6H,7H2,1H3,(H,18,19). The number of hydrogen-bond donors (Lipinski definition) is 1. The first-order valence-electron chi connectivity index (χ1n) is 5.44. The predicted molar refractivity (Wildman–Crippen MR) is 70.2 cm³/mol. The van der Waals surface area contributed by atoms with E-state index >= 15 is 0 Å². The van der Waals surface area contributed by atoms with Crippen LogP contribution in [0.4, 0.5) is 13.2 Å². The summed E-state index contributed by atoms with van der Waals surface area (Å²) in [5, 5.41) is 8.73. The maximum Gasteiger partial charge on any atom is 0.416 e. The lowest BCUT2D eigenvalue weighted by atomic mass is 10.1. The first kappa shape index (κ1) is 16.3. The molecule has 1 aromatic carbocycles. The Morgan fingerprint density at radius 1 is 1.25 bits per heavy atom. The Morgan fingerprint density at radius 2 is 1.80 bits per heavy atom. The minimum Gasteiger partial charge on any atom is -0.478 e. The second-order valence-electron chi connectivity index (χ2n) is 3.87. The molecule has 0 aliphatic rings. The van der Waals surface area contributed by atoms with Crippen LogP contribution in [0, 0.1) is 0 Å². The minimum absolute atomic E-state index is 0.0360. The van der Waals surface area contributed by atoms with E-state index in [0.717, 1.165) is 23.9 Å². The van der Waals surface area contributed by atoms with Gasteiger partial charge in [-0.25, -0.2) is 4.79 Å². The van der Waals surface area contributed by atoms with Crippen molar-refractivity contribution in [3.8, 4) is 0 Å². The normalized spacial score (nSPS) is 12.3. The van der Waals surface area contributed by atoms with Crippen LogP contribution in [0.5, 0.6) is 0 Å². The molecule has 0 radical (unpaired) electrons. The van der Waals surface area contributed by atoms with Gasteiger partial charge < -0.3 is 5.11 Å². The zero-order chi connectivity index (χ0) is 15.3. The summed E-state index contributed by atoms with van der Waals surface area (Å²) in [6.07, 6.45) is -3.18. The largest absolute Gasteiger partial charge is 0.478 e. The Morgan fingerprint density at radius 3 is 2.20 bits per heavy atom. The Kier molecular flexibility index (Phi) is 5.38. The summed E-state index contributed by atoms with van der Waals surface area (Å²) in [5.74, 6) is -1.25. The van der Waals surface area contributed by atoms with E-state index in [4.69, 9.17) is 5.11 Å². The van der Waals surface area contributed by atoms with E-state index in [1.807, 2.05) is 0 Å². The molecule has 0 heterocycles. The van der Waals surface area contributed by atoms with Crippen molar-refractivity contribution >= 4 is 28.9 Å². The van der Waals surface area contributed by atoms with E-state index in [0.29, 0.717) is 5.56 Å². The molecule has 1 N–H and O–H groups in total. The summed E-state index contributed by atoms with van der Waals surface area (Å²) in [4.78, 5) is 21.8. The molecule has 0 spiro atoms. The summed E-state index contributed by atoms with van der Waals surface area (Å²) in [6.45, 7) is 1.31. The van der Waals surface area contributed by atoms with Gasteiger partial charge in [0.25, 0.3) is 0 Å². The van der Waals surface area contributed by atoms with E-state index in [1.165, 1.54) is 25.1 Å². The number of carboxylic acid groups (broad SMARTS) is 1. The number of carboxylic acids is 1. The quantitative estimate of drug-likeness (QED) is 0.866. The summed E-state index contributed by atoms with van der Waals surface area (Å²) < 4.78 is 37.1. The van der Waals surface area contributed by atoms with Gasteiger partial charge >= 0.3 is 12.1 Å². The van der Waals surface area contributed by atoms with E-state index in [-0.39, 0.29) is 16.4 Å². The van der Waals surface area contributed by atoms with Crippen molar-refractivity contribution in [3.63, 3.8) is 0 Å². The van der Waals surface area contributed by atoms with E-state index < -0.39 is 17.7 Å². The fourth-order valence-corrected chi connectivity index (χ4v) is 1.88. The number of halogens is 3. The van der Waals surface area contributed by atoms with Crippen LogP contribution in [0.3, 0.4) is 0 Å². The minimum atomic E-state index is -4.43. The summed E-state index contributed by atoms with van der Waals surface area (Å²) >= 11 is 0.826. The number of aliphatic carboxylic acids is 1. The van der Waals surface area contributed by atoms with Gasteiger partial charge in [0.15, 0.2) is 5.12 Å². The second-order valence-corrected chi connectivity index (χ2v) is 5.03. The van der Waals surface area contributed by atoms with Gasteiger partial charge in [-0.3, -0.25) is 4.79 Å². The van der Waals surface area contributed by atoms with Crippen molar-refractivity contribution < 1.29 is 27.9 Å². The molecule has 0 unspecified atom stereocenters. The van der Waals surface area contributed by atoms with Crippen molar-refractivity contribution in [1.82, 2.24) is 0 Å². The number of hydrogen-bond acceptors (Lipinski definition) is 3. The maximum absolute atomic E-state index is 12.4. The average molecular weight is 304 g/mol. The van der Waals surface area contributed by atoms with E-state index in [1.54, 1.807) is 0 Å². The number of carbonyl (C=O) groups is 2. The Hall–Kier alpha value is -1.76. The highest BCUT2D eigenvalue weighted by Gasteiger charge is 2.29. The number of rotatable bonds is 4. The van der Waals surface area contributed by atoms with Crippen LogP contribution in [0.2, 0.25) is 0 Å². The molecule has 0 aliphatic carbocycles. The number of alkyl halides is 3. The van der Waals surface area contributed by atoms with Crippen LogP contribution in [0.15, 0.2) is 29.8 Å². The van der Waals surface area contributed by atoms with Gasteiger partial charge in [-0.1, -0.05) is 23.9 Å². The van der Waals surface area contributed by atoms with Gasteiger partial charge in [0, 0.05) is 18.2 Å². The molecule has 0 fully saturated rings. The smallest absolute Gasteiger partial charge is 0.416 e.